The molecule has 1 fully saturated rings. The number of rotatable bonds is 7. The minimum absolute atomic E-state index is 0.0458. The van der Waals surface area contributed by atoms with Gasteiger partial charge in [0, 0.05) is 36.4 Å². The molecule has 4 rings (SSSR count). The number of nitrogens with two attached hydrogens (primary N) is 1. The maximum absolute atomic E-state index is 11.5. The summed E-state index contributed by atoms with van der Waals surface area (Å²) in [6, 6.07) is 14.3. The molecule has 3 aromatic rings. The van der Waals surface area contributed by atoms with Gasteiger partial charge in [0.05, 0.1) is 37.1 Å². The number of primary amides is 1. The first kappa shape index (κ1) is 22.0. The van der Waals surface area contributed by atoms with Gasteiger partial charge in [-0.1, -0.05) is 0 Å². The van der Waals surface area contributed by atoms with E-state index in [4.69, 9.17) is 19.9 Å². The van der Waals surface area contributed by atoms with E-state index in [2.05, 4.69) is 21.4 Å². The average molecular weight is 445 g/mol. The van der Waals surface area contributed by atoms with Crippen LogP contribution >= 0.6 is 0 Å². The average Bonchev–Trinajstić information content (AvgIpc) is 2.85. The van der Waals surface area contributed by atoms with Crippen molar-refractivity contribution in [2.24, 2.45) is 5.73 Å². The Hall–Kier alpha value is -4.16. The minimum atomic E-state index is -0.575. The quantitative estimate of drug-likeness (QED) is 0.565. The first-order valence-electron chi connectivity index (χ1n) is 10.4. The van der Waals surface area contributed by atoms with Gasteiger partial charge in [-0.25, -0.2) is 9.97 Å². The van der Waals surface area contributed by atoms with Gasteiger partial charge in [0.15, 0.2) is 0 Å². The van der Waals surface area contributed by atoms with Crippen LogP contribution in [0.5, 0.6) is 11.5 Å². The number of nitrogens with one attached hydrogen (secondary N) is 1. The lowest BCUT2D eigenvalue weighted by atomic mass is 10.1. The number of amides is 1. The number of benzene rings is 2. The third-order valence-corrected chi connectivity index (χ3v) is 5.24. The molecule has 0 saturated carbocycles. The van der Waals surface area contributed by atoms with E-state index in [1.54, 1.807) is 42.6 Å². The number of hydrogen-bond donors (Lipinski definition) is 2. The molecule has 1 amide bonds. The SMILES string of the molecule is COc1cc(Nc2nccc(-c3ccc(OC4CCOCC4)c(C#N)c3)n2)ccc1C(N)=O. The smallest absolute Gasteiger partial charge is 0.252 e. The highest BCUT2D eigenvalue weighted by molar-refractivity contribution is 5.96. The topological polar surface area (TPSA) is 132 Å². The fraction of sp³-hybridized carbons (Fsp3) is 0.250. The van der Waals surface area contributed by atoms with Gasteiger partial charge in [0.2, 0.25) is 5.95 Å². The van der Waals surface area contributed by atoms with Crippen molar-refractivity contribution in [2.75, 3.05) is 25.6 Å². The molecule has 0 bridgehead atoms. The van der Waals surface area contributed by atoms with Crippen molar-refractivity contribution < 1.29 is 19.0 Å². The Balaban J connectivity index is 1.55. The summed E-state index contributed by atoms with van der Waals surface area (Å²) < 4.78 is 16.6. The highest BCUT2D eigenvalue weighted by Gasteiger charge is 2.18. The Morgan fingerprint density at radius 3 is 2.73 bits per heavy atom. The Morgan fingerprint density at radius 1 is 1.18 bits per heavy atom. The van der Waals surface area contributed by atoms with E-state index in [0.29, 0.717) is 47.6 Å². The fourth-order valence-electron chi connectivity index (χ4n) is 3.53. The third kappa shape index (κ3) is 5.19. The molecule has 1 aliphatic heterocycles. The van der Waals surface area contributed by atoms with Crippen LogP contribution in [0.1, 0.15) is 28.8 Å². The lowest BCUT2D eigenvalue weighted by Gasteiger charge is -2.23. The molecule has 2 heterocycles. The van der Waals surface area contributed by atoms with Crippen LogP contribution in [0.4, 0.5) is 11.6 Å². The molecule has 1 aromatic heterocycles. The lowest BCUT2D eigenvalue weighted by Crippen LogP contribution is -2.26. The second-order valence-corrected chi connectivity index (χ2v) is 7.42. The highest BCUT2D eigenvalue weighted by atomic mass is 16.5. The minimum Gasteiger partial charge on any atom is -0.496 e. The maximum Gasteiger partial charge on any atom is 0.252 e. The number of hydrogen-bond acceptors (Lipinski definition) is 8. The molecular formula is C24H23N5O4. The van der Waals surface area contributed by atoms with E-state index in [1.165, 1.54) is 7.11 Å². The summed E-state index contributed by atoms with van der Waals surface area (Å²) in [6.07, 6.45) is 3.28. The molecule has 3 N–H and O–H groups in total. The first-order valence-corrected chi connectivity index (χ1v) is 10.4. The summed E-state index contributed by atoms with van der Waals surface area (Å²) >= 11 is 0. The molecule has 9 heteroatoms. The monoisotopic (exact) mass is 445 g/mol. The van der Waals surface area contributed by atoms with E-state index in [0.717, 1.165) is 18.4 Å². The van der Waals surface area contributed by atoms with Crippen molar-refractivity contribution in [1.82, 2.24) is 9.97 Å². The molecule has 0 aliphatic carbocycles. The zero-order valence-corrected chi connectivity index (χ0v) is 18.1. The van der Waals surface area contributed by atoms with Crippen molar-refractivity contribution in [3.05, 3.63) is 59.8 Å². The van der Waals surface area contributed by atoms with Crippen LogP contribution in [-0.4, -0.2) is 42.3 Å². The normalized spacial score (nSPS) is 13.7. The molecule has 33 heavy (non-hydrogen) atoms. The summed E-state index contributed by atoms with van der Waals surface area (Å²) in [5, 5.41) is 12.7. The van der Waals surface area contributed by atoms with Gasteiger partial charge in [-0.2, -0.15) is 5.26 Å². The molecule has 0 atom stereocenters. The predicted molar refractivity (Wildman–Crippen MR) is 121 cm³/mol. The maximum atomic E-state index is 11.5. The molecule has 0 unspecified atom stereocenters. The molecule has 1 aliphatic rings. The van der Waals surface area contributed by atoms with Gasteiger partial charge >= 0.3 is 0 Å². The number of nitriles is 1. The van der Waals surface area contributed by atoms with E-state index >= 15 is 0 Å². The zero-order chi connectivity index (χ0) is 23.2. The summed E-state index contributed by atoms with van der Waals surface area (Å²) in [5.74, 6) is 0.682. The summed E-state index contributed by atoms with van der Waals surface area (Å²) in [5.41, 5.74) is 8.12. The number of carbonyl (C=O) groups is 1. The number of carbonyl (C=O) groups excluding carboxylic acids is 1. The van der Waals surface area contributed by atoms with Crippen molar-refractivity contribution >= 4 is 17.5 Å². The van der Waals surface area contributed by atoms with Crippen LogP contribution in [0.15, 0.2) is 48.7 Å². The van der Waals surface area contributed by atoms with E-state index in [-0.39, 0.29) is 11.7 Å². The van der Waals surface area contributed by atoms with Crippen molar-refractivity contribution in [3.8, 4) is 28.8 Å². The van der Waals surface area contributed by atoms with Crippen molar-refractivity contribution in [1.29, 1.82) is 5.26 Å². The largest absolute Gasteiger partial charge is 0.496 e. The predicted octanol–water partition coefficient (Wildman–Crippen LogP) is 3.42. The van der Waals surface area contributed by atoms with Crippen molar-refractivity contribution in [2.45, 2.75) is 18.9 Å². The van der Waals surface area contributed by atoms with Gasteiger partial charge in [-0.3, -0.25) is 4.79 Å². The Kier molecular flexibility index (Phi) is 6.66. The van der Waals surface area contributed by atoms with Gasteiger partial charge in [-0.05, 0) is 36.4 Å². The van der Waals surface area contributed by atoms with Crippen LogP contribution in [0.25, 0.3) is 11.3 Å². The molecular weight excluding hydrogens is 422 g/mol. The van der Waals surface area contributed by atoms with Crippen molar-refractivity contribution in [3.63, 3.8) is 0 Å². The number of ether oxygens (including phenoxy) is 3. The number of methoxy groups -OCH3 is 1. The van der Waals surface area contributed by atoms with Crippen LogP contribution in [-0.2, 0) is 4.74 Å². The standard InChI is InChI=1S/C24H23N5O4/c1-31-22-13-17(3-4-19(22)23(26)30)28-24-27-9-6-20(29-24)15-2-5-21(16(12-15)14-25)33-18-7-10-32-11-8-18/h2-6,9,12-13,18H,7-8,10-11H2,1H3,(H2,26,30)(H,27,28,29). The highest BCUT2D eigenvalue weighted by Crippen LogP contribution is 2.29. The molecule has 0 spiro atoms. The third-order valence-electron chi connectivity index (χ3n) is 5.24. The Labute approximate surface area is 191 Å². The summed E-state index contributed by atoms with van der Waals surface area (Å²) in [6.45, 7) is 1.33. The molecule has 9 nitrogen and oxygen atoms in total. The fourth-order valence-corrected chi connectivity index (χ4v) is 3.53. The van der Waals surface area contributed by atoms with Gasteiger partial charge in [-0.15, -0.1) is 0 Å². The molecule has 0 radical (unpaired) electrons. The molecule has 168 valence electrons. The van der Waals surface area contributed by atoms with E-state index in [9.17, 15) is 10.1 Å². The van der Waals surface area contributed by atoms with E-state index in [1.807, 2.05) is 6.07 Å². The molecule has 2 aromatic carbocycles. The number of anilines is 2. The lowest BCUT2D eigenvalue weighted by molar-refractivity contribution is 0.0254. The second kappa shape index (κ2) is 9.97. The Bertz CT molecular complexity index is 1200. The Morgan fingerprint density at radius 2 is 2.00 bits per heavy atom. The first-order chi connectivity index (χ1) is 16.1. The van der Waals surface area contributed by atoms with Gasteiger partial charge < -0.3 is 25.3 Å². The van der Waals surface area contributed by atoms with Crippen LogP contribution in [0.2, 0.25) is 0 Å². The number of nitrogens with zero attached hydrogens (tertiary/aromatic N) is 3. The van der Waals surface area contributed by atoms with Crippen LogP contribution in [0.3, 0.4) is 0 Å². The zero-order valence-electron chi connectivity index (χ0n) is 18.1. The van der Waals surface area contributed by atoms with E-state index < -0.39 is 5.91 Å². The summed E-state index contributed by atoms with van der Waals surface area (Å²) in [4.78, 5) is 20.3. The van der Waals surface area contributed by atoms with Crippen LogP contribution in [0, 0.1) is 11.3 Å². The second-order valence-electron chi connectivity index (χ2n) is 7.42. The number of aromatic nitrogens is 2. The van der Waals surface area contributed by atoms with Crippen LogP contribution < -0.4 is 20.5 Å². The summed E-state index contributed by atoms with van der Waals surface area (Å²) in [7, 11) is 1.46. The van der Waals surface area contributed by atoms with Gasteiger partial charge in [0.25, 0.3) is 5.91 Å². The molecule has 1 saturated heterocycles. The van der Waals surface area contributed by atoms with Gasteiger partial charge in [0.1, 0.15) is 23.7 Å².